The van der Waals surface area contributed by atoms with Crippen LogP contribution < -0.4 is 0 Å². The summed E-state index contributed by atoms with van der Waals surface area (Å²) in [6, 6.07) is 16.3. The number of pyridine rings is 1. The molecule has 1 unspecified atom stereocenters. The summed E-state index contributed by atoms with van der Waals surface area (Å²) in [5.41, 5.74) is 2.21. The first-order valence-corrected chi connectivity index (χ1v) is 10.2. The predicted octanol–water partition coefficient (Wildman–Crippen LogP) is 3.08. The highest BCUT2D eigenvalue weighted by molar-refractivity contribution is 5.87. The number of hydrogen-bond donors (Lipinski definition) is 0. The first kappa shape index (κ1) is 19.1. The average molecular weight is 380 g/mol. The van der Waals surface area contributed by atoms with E-state index in [2.05, 4.69) is 33.0 Å². The van der Waals surface area contributed by atoms with Gasteiger partial charge in [0.2, 0.25) is 5.91 Å². The molecule has 2 fully saturated rings. The molecule has 1 amide bonds. The number of benzene rings is 1. The number of piperidine rings is 1. The van der Waals surface area contributed by atoms with Gasteiger partial charge in [0.1, 0.15) is 0 Å². The van der Waals surface area contributed by atoms with Crippen LogP contribution in [0.25, 0.3) is 0 Å². The van der Waals surface area contributed by atoms with Crippen molar-refractivity contribution in [1.29, 1.82) is 0 Å². The summed E-state index contributed by atoms with van der Waals surface area (Å²) in [7, 11) is 1.71. The molecule has 0 saturated carbocycles. The second-order valence-corrected chi connectivity index (χ2v) is 7.97. The standard InChI is InChI=1S/C23H29N3O2/c1-28-16-15-26-22(27)21(19-7-3-2-4-8-19)17-23(26)10-13-25(14-11-23)18-20-9-5-6-12-24-20/h2-9,12,21H,10-11,13-18H2,1H3. The molecular formula is C23H29N3O2. The van der Waals surface area contributed by atoms with Crippen LogP contribution >= 0.6 is 0 Å². The number of carbonyl (C=O) groups is 1. The zero-order valence-corrected chi connectivity index (χ0v) is 16.6. The third-order valence-corrected chi connectivity index (χ3v) is 6.34. The highest BCUT2D eigenvalue weighted by Gasteiger charge is 2.51. The number of carbonyl (C=O) groups excluding carboxylic acids is 1. The fourth-order valence-electron chi connectivity index (χ4n) is 4.80. The summed E-state index contributed by atoms with van der Waals surface area (Å²) in [6.45, 7) is 4.14. The second kappa shape index (κ2) is 8.41. The molecule has 1 spiro atoms. The molecule has 4 rings (SSSR count). The summed E-state index contributed by atoms with van der Waals surface area (Å²) in [5.74, 6) is 0.238. The third kappa shape index (κ3) is 3.82. The Morgan fingerprint density at radius 2 is 1.86 bits per heavy atom. The van der Waals surface area contributed by atoms with Gasteiger partial charge in [-0.05, 0) is 37.0 Å². The maximum absolute atomic E-state index is 13.3. The molecule has 148 valence electrons. The summed E-state index contributed by atoms with van der Waals surface area (Å²) in [5, 5.41) is 0. The van der Waals surface area contributed by atoms with Gasteiger partial charge in [-0.15, -0.1) is 0 Å². The quantitative estimate of drug-likeness (QED) is 0.774. The lowest BCUT2D eigenvalue weighted by Gasteiger charge is -2.45. The number of ether oxygens (including phenoxy) is 1. The summed E-state index contributed by atoms with van der Waals surface area (Å²) in [6.07, 6.45) is 4.79. The molecule has 0 bridgehead atoms. The summed E-state index contributed by atoms with van der Waals surface area (Å²) in [4.78, 5) is 22.4. The van der Waals surface area contributed by atoms with Gasteiger partial charge in [0, 0.05) is 45.0 Å². The van der Waals surface area contributed by atoms with Gasteiger partial charge in [-0.1, -0.05) is 36.4 Å². The molecule has 1 aromatic carbocycles. The van der Waals surface area contributed by atoms with Crippen molar-refractivity contribution in [2.24, 2.45) is 0 Å². The van der Waals surface area contributed by atoms with Gasteiger partial charge in [-0.25, -0.2) is 0 Å². The number of hydrogen-bond acceptors (Lipinski definition) is 4. The SMILES string of the molecule is COCCN1C(=O)C(c2ccccc2)CC12CCN(Cc1ccccn1)CC2. The molecule has 3 heterocycles. The van der Waals surface area contributed by atoms with E-state index in [9.17, 15) is 4.79 Å². The Morgan fingerprint density at radius 3 is 2.54 bits per heavy atom. The maximum Gasteiger partial charge on any atom is 0.230 e. The summed E-state index contributed by atoms with van der Waals surface area (Å²) < 4.78 is 5.31. The Hall–Kier alpha value is -2.24. The Bertz CT molecular complexity index is 773. The number of methoxy groups -OCH3 is 1. The van der Waals surface area contributed by atoms with Crippen molar-refractivity contribution in [1.82, 2.24) is 14.8 Å². The highest BCUT2D eigenvalue weighted by atomic mass is 16.5. The van der Waals surface area contributed by atoms with E-state index in [0.717, 1.165) is 50.2 Å². The molecule has 1 aromatic heterocycles. The molecule has 2 aliphatic heterocycles. The fourth-order valence-corrected chi connectivity index (χ4v) is 4.80. The van der Waals surface area contributed by atoms with Crippen molar-refractivity contribution >= 4 is 5.91 Å². The van der Waals surface area contributed by atoms with Gasteiger partial charge < -0.3 is 9.64 Å². The molecule has 28 heavy (non-hydrogen) atoms. The van der Waals surface area contributed by atoms with Crippen LogP contribution in [0, 0.1) is 0 Å². The van der Waals surface area contributed by atoms with E-state index in [0.29, 0.717) is 13.2 Å². The smallest absolute Gasteiger partial charge is 0.230 e. The topological polar surface area (TPSA) is 45.7 Å². The lowest BCUT2D eigenvalue weighted by molar-refractivity contribution is -0.134. The zero-order chi connectivity index (χ0) is 19.4. The van der Waals surface area contributed by atoms with Crippen molar-refractivity contribution in [3.8, 4) is 0 Å². The van der Waals surface area contributed by atoms with E-state index >= 15 is 0 Å². The Labute approximate surface area is 167 Å². The molecule has 5 heteroatoms. The minimum absolute atomic E-state index is 0.0274. The van der Waals surface area contributed by atoms with Crippen LogP contribution in [0.1, 0.15) is 36.4 Å². The Kier molecular flexibility index (Phi) is 5.74. The highest BCUT2D eigenvalue weighted by Crippen LogP contribution is 2.45. The lowest BCUT2D eigenvalue weighted by atomic mass is 9.81. The number of nitrogens with zero attached hydrogens (tertiary/aromatic N) is 3. The van der Waals surface area contributed by atoms with E-state index < -0.39 is 0 Å². The largest absolute Gasteiger partial charge is 0.383 e. The van der Waals surface area contributed by atoms with Crippen LogP contribution in [-0.4, -0.2) is 59.6 Å². The van der Waals surface area contributed by atoms with Crippen LogP contribution in [0.3, 0.4) is 0 Å². The molecule has 1 atom stereocenters. The molecule has 2 aliphatic rings. The van der Waals surface area contributed by atoms with Gasteiger partial charge in [-0.3, -0.25) is 14.7 Å². The number of amides is 1. The van der Waals surface area contributed by atoms with Gasteiger partial charge in [0.15, 0.2) is 0 Å². The molecule has 2 aromatic rings. The van der Waals surface area contributed by atoms with Gasteiger partial charge >= 0.3 is 0 Å². The second-order valence-electron chi connectivity index (χ2n) is 7.97. The number of likely N-dealkylation sites (tertiary alicyclic amines) is 2. The predicted molar refractivity (Wildman–Crippen MR) is 109 cm³/mol. The fraction of sp³-hybridized carbons (Fsp3) is 0.478. The molecule has 0 N–H and O–H groups in total. The van der Waals surface area contributed by atoms with E-state index in [1.807, 2.05) is 36.5 Å². The van der Waals surface area contributed by atoms with E-state index in [1.54, 1.807) is 7.11 Å². The molecule has 5 nitrogen and oxygen atoms in total. The normalized spacial score (nSPS) is 22.1. The van der Waals surface area contributed by atoms with Gasteiger partial charge in [0.25, 0.3) is 0 Å². The lowest BCUT2D eigenvalue weighted by Crippen LogP contribution is -2.53. The van der Waals surface area contributed by atoms with Crippen molar-refractivity contribution in [2.75, 3.05) is 33.4 Å². The first-order valence-electron chi connectivity index (χ1n) is 10.2. The van der Waals surface area contributed by atoms with E-state index in [-0.39, 0.29) is 17.4 Å². The molecule has 0 aliphatic carbocycles. The van der Waals surface area contributed by atoms with Crippen LogP contribution in [0.15, 0.2) is 54.7 Å². The van der Waals surface area contributed by atoms with E-state index in [1.165, 1.54) is 0 Å². The minimum Gasteiger partial charge on any atom is -0.383 e. The van der Waals surface area contributed by atoms with Crippen molar-refractivity contribution in [3.63, 3.8) is 0 Å². The number of aromatic nitrogens is 1. The van der Waals surface area contributed by atoms with Crippen molar-refractivity contribution < 1.29 is 9.53 Å². The van der Waals surface area contributed by atoms with Crippen LogP contribution in [0.5, 0.6) is 0 Å². The van der Waals surface area contributed by atoms with Crippen molar-refractivity contribution in [3.05, 3.63) is 66.0 Å². The molecule has 2 saturated heterocycles. The van der Waals surface area contributed by atoms with Gasteiger partial charge in [-0.2, -0.15) is 0 Å². The van der Waals surface area contributed by atoms with E-state index in [4.69, 9.17) is 4.74 Å². The van der Waals surface area contributed by atoms with Crippen LogP contribution in [0.2, 0.25) is 0 Å². The first-order chi connectivity index (χ1) is 13.7. The minimum atomic E-state index is -0.0449. The average Bonchev–Trinajstić information content (AvgIpc) is 3.01. The maximum atomic E-state index is 13.3. The summed E-state index contributed by atoms with van der Waals surface area (Å²) >= 11 is 0. The van der Waals surface area contributed by atoms with Crippen molar-refractivity contribution in [2.45, 2.75) is 37.3 Å². The number of rotatable bonds is 6. The molecular weight excluding hydrogens is 350 g/mol. The molecule has 0 radical (unpaired) electrons. The van der Waals surface area contributed by atoms with Gasteiger partial charge in [0.05, 0.1) is 18.2 Å². The van der Waals surface area contributed by atoms with Crippen LogP contribution in [0.4, 0.5) is 0 Å². The third-order valence-electron chi connectivity index (χ3n) is 6.34. The monoisotopic (exact) mass is 379 g/mol. The Balaban J connectivity index is 1.49. The van der Waals surface area contributed by atoms with Crippen LogP contribution in [-0.2, 0) is 16.1 Å². The Morgan fingerprint density at radius 1 is 1.11 bits per heavy atom. The zero-order valence-electron chi connectivity index (χ0n) is 16.6.